The highest BCUT2D eigenvalue weighted by molar-refractivity contribution is 5.85. The molecule has 0 bridgehead atoms. The van der Waals surface area contributed by atoms with Gasteiger partial charge in [0.05, 0.1) is 7.11 Å². The number of amides is 1. The molecule has 1 aromatic carbocycles. The first-order valence-electron chi connectivity index (χ1n) is 7.67. The third-order valence-electron chi connectivity index (χ3n) is 4.15. The second kappa shape index (κ2) is 7.40. The van der Waals surface area contributed by atoms with E-state index in [1.54, 1.807) is 11.8 Å². The molecule has 5 heteroatoms. The van der Waals surface area contributed by atoms with Gasteiger partial charge >= 0.3 is 5.97 Å². The summed E-state index contributed by atoms with van der Waals surface area (Å²) in [5, 5.41) is 0. The Balaban J connectivity index is 2.06. The number of nitrogens with zero attached hydrogens (tertiary/aromatic N) is 2. The molecular weight excluding hydrogens is 280 g/mol. The number of hydrogen-bond donors (Lipinski definition) is 0. The predicted molar refractivity (Wildman–Crippen MR) is 84.1 cm³/mol. The Hall–Kier alpha value is -1.88. The number of rotatable bonds is 4. The van der Waals surface area contributed by atoms with Gasteiger partial charge in [-0.25, -0.2) is 4.79 Å². The van der Waals surface area contributed by atoms with E-state index in [0.717, 1.165) is 13.1 Å². The Morgan fingerprint density at radius 3 is 2.64 bits per heavy atom. The van der Waals surface area contributed by atoms with E-state index in [-0.39, 0.29) is 17.8 Å². The average Bonchev–Trinajstić information content (AvgIpc) is 2.66. The van der Waals surface area contributed by atoms with Crippen molar-refractivity contribution < 1.29 is 14.3 Å². The first-order chi connectivity index (χ1) is 10.5. The smallest absolute Gasteiger partial charge is 0.328 e. The summed E-state index contributed by atoms with van der Waals surface area (Å²) in [4.78, 5) is 28.1. The Kier molecular flexibility index (Phi) is 5.55. The molecule has 0 saturated carbocycles. The van der Waals surface area contributed by atoms with Gasteiger partial charge in [-0.1, -0.05) is 37.3 Å². The van der Waals surface area contributed by atoms with E-state index in [9.17, 15) is 9.59 Å². The van der Waals surface area contributed by atoms with Crippen LogP contribution < -0.4 is 0 Å². The fraction of sp³-hybridized carbons (Fsp3) is 0.529. The third kappa shape index (κ3) is 3.85. The average molecular weight is 304 g/mol. The lowest BCUT2D eigenvalue weighted by Gasteiger charge is -2.27. The van der Waals surface area contributed by atoms with Crippen LogP contribution in [0.5, 0.6) is 0 Å². The summed E-state index contributed by atoms with van der Waals surface area (Å²) in [6.45, 7) is 6.47. The molecule has 2 rings (SSSR count). The molecule has 1 saturated heterocycles. The van der Waals surface area contributed by atoms with Gasteiger partial charge < -0.3 is 9.64 Å². The molecule has 120 valence electrons. The minimum Gasteiger partial charge on any atom is -0.467 e. The molecule has 22 heavy (non-hydrogen) atoms. The highest BCUT2D eigenvalue weighted by Crippen LogP contribution is 2.16. The van der Waals surface area contributed by atoms with Crippen LogP contribution in [0, 0.1) is 5.92 Å². The summed E-state index contributed by atoms with van der Waals surface area (Å²) in [5.74, 6) is -0.469. The first kappa shape index (κ1) is 16.5. The largest absolute Gasteiger partial charge is 0.467 e. The molecule has 1 aliphatic rings. The highest BCUT2D eigenvalue weighted by atomic mass is 16.5. The van der Waals surface area contributed by atoms with E-state index >= 15 is 0 Å². The number of ether oxygens (including phenoxy) is 1. The van der Waals surface area contributed by atoms with Crippen molar-refractivity contribution in [3.8, 4) is 0 Å². The lowest BCUT2D eigenvalue weighted by atomic mass is 10.1. The zero-order valence-electron chi connectivity index (χ0n) is 13.5. The van der Waals surface area contributed by atoms with E-state index in [1.165, 1.54) is 12.7 Å². The van der Waals surface area contributed by atoms with Crippen LogP contribution in [0.4, 0.5) is 0 Å². The molecule has 1 aliphatic heterocycles. The van der Waals surface area contributed by atoms with Crippen molar-refractivity contribution >= 4 is 11.9 Å². The SMILES string of the molecule is COC(=O)C(C)N1CCN(Cc2ccccc2)C[C@H](C)C1=O. The van der Waals surface area contributed by atoms with Gasteiger partial charge in [-0.2, -0.15) is 0 Å². The maximum atomic E-state index is 12.5. The number of esters is 1. The third-order valence-corrected chi connectivity index (χ3v) is 4.15. The Bertz CT molecular complexity index is 518. The molecule has 0 N–H and O–H groups in total. The molecular formula is C17H24N2O3. The monoisotopic (exact) mass is 304 g/mol. The predicted octanol–water partition coefficient (Wildman–Crippen LogP) is 1.53. The highest BCUT2D eigenvalue weighted by Gasteiger charge is 2.33. The fourth-order valence-electron chi connectivity index (χ4n) is 2.87. The van der Waals surface area contributed by atoms with Crippen molar-refractivity contribution in [3.05, 3.63) is 35.9 Å². The summed E-state index contributed by atoms with van der Waals surface area (Å²) >= 11 is 0. The number of hydrogen-bond acceptors (Lipinski definition) is 4. The van der Waals surface area contributed by atoms with E-state index in [1.807, 2.05) is 25.1 Å². The van der Waals surface area contributed by atoms with Gasteiger partial charge in [0.25, 0.3) is 0 Å². The first-order valence-corrected chi connectivity index (χ1v) is 7.67. The van der Waals surface area contributed by atoms with Crippen molar-refractivity contribution in [3.63, 3.8) is 0 Å². The van der Waals surface area contributed by atoms with Gasteiger partial charge in [-0.3, -0.25) is 9.69 Å². The van der Waals surface area contributed by atoms with Crippen LogP contribution in [0.2, 0.25) is 0 Å². The minimum atomic E-state index is -0.531. The Morgan fingerprint density at radius 2 is 2.00 bits per heavy atom. The number of carbonyl (C=O) groups excluding carboxylic acids is 2. The number of carbonyl (C=O) groups is 2. The summed E-state index contributed by atoms with van der Waals surface area (Å²) in [6, 6.07) is 9.69. The van der Waals surface area contributed by atoms with Gasteiger partial charge in [0.1, 0.15) is 6.04 Å². The van der Waals surface area contributed by atoms with Crippen molar-refractivity contribution in [2.24, 2.45) is 5.92 Å². The van der Waals surface area contributed by atoms with Crippen molar-refractivity contribution in [2.75, 3.05) is 26.7 Å². The number of benzene rings is 1. The van der Waals surface area contributed by atoms with Crippen molar-refractivity contribution in [2.45, 2.75) is 26.4 Å². The van der Waals surface area contributed by atoms with Crippen molar-refractivity contribution in [1.82, 2.24) is 9.80 Å². The van der Waals surface area contributed by atoms with Gasteiger partial charge in [0, 0.05) is 32.1 Å². The molecule has 0 radical (unpaired) electrons. The standard InChI is InChI=1S/C17H24N2O3/c1-13-11-18(12-15-7-5-4-6-8-15)9-10-19(16(13)20)14(2)17(21)22-3/h4-8,13-14H,9-12H2,1-3H3/t13-,14?/m0/s1. The van der Waals surface area contributed by atoms with Crippen molar-refractivity contribution in [1.29, 1.82) is 0 Å². The maximum absolute atomic E-state index is 12.5. The normalized spacial score (nSPS) is 21.3. The van der Waals surface area contributed by atoms with E-state index in [2.05, 4.69) is 17.0 Å². The molecule has 1 amide bonds. The van der Waals surface area contributed by atoms with Gasteiger partial charge in [0.2, 0.25) is 5.91 Å². The zero-order valence-corrected chi connectivity index (χ0v) is 13.5. The maximum Gasteiger partial charge on any atom is 0.328 e. The van der Waals surface area contributed by atoms with Gasteiger partial charge in [-0.15, -0.1) is 0 Å². The quantitative estimate of drug-likeness (QED) is 0.792. The molecule has 0 spiro atoms. The van der Waals surface area contributed by atoms with Crippen LogP contribution in [0.15, 0.2) is 30.3 Å². The molecule has 0 aliphatic carbocycles. The Morgan fingerprint density at radius 1 is 1.32 bits per heavy atom. The second-order valence-electron chi connectivity index (χ2n) is 5.85. The topological polar surface area (TPSA) is 49.9 Å². The summed E-state index contributed by atoms with van der Waals surface area (Å²) in [7, 11) is 1.35. The van der Waals surface area contributed by atoms with Crippen LogP contribution in [0.1, 0.15) is 19.4 Å². The minimum absolute atomic E-state index is 0.0217. The molecule has 1 fully saturated rings. The molecule has 2 atom stereocenters. The van der Waals surface area contributed by atoms with E-state index in [4.69, 9.17) is 4.74 Å². The van der Waals surface area contributed by atoms with Gasteiger partial charge in [-0.05, 0) is 12.5 Å². The zero-order chi connectivity index (χ0) is 16.1. The second-order valence-corrected chi connectivity index (χ2v) is 5.85. The molecule has 1 heterocycles. The fourth-order valence-corrected chi connectivity index (χ4v) is 2.87. The molecule has 0 aromatic heterocycles. The summed E-state index contributed by atoms with van der Waals surface area (Å²) in [6.07, 6.45) is 0. The van der Waals surface area contributed by atoms with Crippen LogP contribution in [0.3, 0.4) is 0 Å². The van der Waals surface area contributed by atoms with E-state index < -0.39 is 6.04 Å². The summed E-state index contributed by atoms with van der Waals surface area (Å²) < 4.78 is 4.77. The van der Waals surface area contributed by atoms with Crippen LogP contribution in [-0.4, -0.2) is 54.5 Å². The Labute approximate surface area is 131 Å². The van der Waals surface area contributed by atoms with Crippen LogP contribution in [0.25, 0.3) is 0 Å². The van der Waals surface area contributed by atoms with Crippen LogP contribution >= 0.6 is 0 Å². The molecule has 5 nitrogen and oxygen atoms in total. The van der Waals surface area contributed by atoms with Crippen LogP contribution in [-0.2, 0) is 20.9 Å². The molecule has 1 unspecified atom stereocenters. The molecule has 1 aromatic rings. The summed E-state index contributed by atoms with van der Waals surface area (Å²) in [5.41, 5.74) is 1.23. The van der Waals surface area contributed by atoms with E-state index in [0.29, 0.717) is 13.1 Å². The number of methoxy groups -OCH3 is 1. The lowest BCUT2D eigenvalue weighted by Crippen LogP contribution is -2.46. The lowest BCUT2D eigenvalue weighted by molar-refractivity contribution is -0.152. The van der Waals surface area contributed by atoms with Gasteiger partial charge in [0.15, 0.2) is 0 Å².